The quantitative estimate of drug-likeness (QED) is 0.799. The Morgan fingerprint density at radius 2 is 2.00 bits per heavy atom. The molecule has 1 aliphatic heterocycles. The van der Waals surface area contributed by atoms with E-state index in [4.69, 9.17) is 0 Å². The van der Waals surface area contributed by atoms with E-state index in [-0.39, 0.29) is 22.9 Å². The Labute approximate surface area is 153 Å². The molecule has 1 aliphatic rings. The van der Waals surface area contributed by atoms with Crippen molar-refractivity contribution in [2.45, 2.75) is 57.1 Å². The first-order valence-corrected chi connectivity index (χ1v) is 10.3. The van der Waals surface area contributed by atoms with Gasteiger partial charge in [0, 0.05) is 24.2 Å². The fraction of sp³-hybridized carbons (Fsp3) is 0.444. The molecule has 0 fully saturated rings. The minimum Gasteiger partial charge on any atom is -0.348 e. The van der Waals surface area contributed by atoms with Crippen LogP contribution in [0.25, 0.3) is 0 Å². The lowest BCUT2D eigenvalue weighted by Gasteiger charge is -2.13. The van der Waals surface area contributed by atoms with Crippen LogP contribution in [-0.2, 0) is 29.4 Å². The third-order valence-electron chi connectivity index (χ3n) is 4.33. The molecular weight excluding hydrogens is 352 g/mol. The average molecular weight is 376 g/mol. The maximum absolute atomic E-state index is 12.6. The largest absolute Gasteiger partial charge is 0.348 e. The minimum absolute atomic E-state index is 0.0395. The topological polar surface area (TPSA) is 93.1 Å². The zero-order chi connectivity index (χ0) is 18.9. The summed E-state index contributed by atoms with van der Waals surface area (Å²) in [6.45, 7) is 6.22. The molecule has 0 saturated carbocycles. The maximum atomic E-state index is 12.6. The Kier molecular flexibility index (Phi) is 5.15. The SMILES string of the molecule is CCc1ccc(S(=O)(=O)N[C@H]2Cc3cc(C(=O)NC(C)C)nn3C2)cc1. The maximum Gasteiger partial charge on any atom is 0.271 e. The van der Waals surface area contributed by atoms with E-state index in [1.807, 2.05) is 32.9 Å². The Morgan fingerprint density at radius 1 is 1.31 bits per heavy atom. The number of sulfonamides is 1. The molecular formula is C18H24N4O3S. The van der Waals surface area contributed by atoms with Crippen LogP contribution in [0, 0.1) is 0 Å². The number of amides is 1. The molecule has 1 amide bonds. The highest BCUT2D eigenvalue weighted by atomic mass is 32.2. The summed E-state index contributed by atoms with van der Waals surface area (Å²) in [5.41, 5.74) is 2.32. The predicted octanol–water partition coefficient (Wildman–Crippen LogP) is 1.49. The number of fused-ring (bicyclic) bond motifs is 1. The van der Waals surface area contributed by atoms with Gasteiger partial charge in [0.25, 0.3) is 5.91 Å². The molecule has 1 aromatic carbocycles. The average Bonchev–Trinajstić information content (AvgIpc) is 3.12. The van der Waals surface area contributed by atoms with Crippen molar-refractivity contribution in [2.24, 2.45) is 0 Å². The highest BCUT2D eigenvalue weighted by Gasteiger charge is 2.29. The number of aryl methyl sites for hydroxylation is 1. The van der Waals surface area contributed by atoms with Crippen LogP contribution in [0.4, 0.5) is 0 Å². The monoisotopic (exact) mass is 376 g/mol. The minimum atomic E-state index is -3.58. The summed E-state index contributed by atoms with van der Waals surface area (Å²) in [5.74, 6) is -0.213. The summed E-state index contributed by atoms with van der Waals surface area (Å²) in [7, 11) is -3.58. The van der Waals surface area contributed by atoms with Crippen LogP contribution in [0.1, 0.15) is 42.5 Å². The van der Waals surface area contributed by atoms with E-state index in [1.54, 1.807) is 22.9 Å². The molecule has 7 nitrogen and oxygen atoms in total. The van der Waals surface area contributed by atoms with Gasteiger partial charge in [0.05, 0.1) is 11.4 Å². The molecule has 26 heavy (non-hydrogen) atoms. The lowest BCUT2D eigenvalue weighted by molar-refractivity contribution is 0.0937. The number of rotatable bonds is 6. The summed E-state index contributed by atoms with van der Waals surface area (Å²) >= 11 is 0. The highest BCUT2D eigenvalue weighted by Crippen LogP contribution is 2.19. The van der Waals surface area contributed by atoms with Crippen molar-refractivity contribution >= 4 is 15.9 Å². The molecule has 2 heterocycles. The van der Waals surface area contributed by atoms with E-state index >= 15 is 0 Å². The molecule has 140 valence electrons. The molecule has 0 unspecified atom stereocenters. The zero-order valence-electron chi connectivity index (χ0n) is 15.2. The molecule has 3 rings (SSSR count). The summed E-state index contributed by atoms with van der Waals surface area (Å²) in [5, 5.41) is 7.09. The van der Waals surface area contributed by atoms with E-state index in [9.17, 15) is 13.2 Å². The zero-order valence-corrected chi connectivity index (χ0v) is 16.0. The van der Waals surface area contributed by atoms with Crippen molar-refractivity contribution in [1.29, 1.82) is 0 Å². The van der Waals surface area contributed by atoms with Crippen LogP contribution in [0.2, 0.25) is 0 Å². The third-order valence-corrected chi connectivity index (χ3v) is 5.86. The summed E-state index contributed by atoms with van der Waals surface area (Å²) in [4.78, 5) is 12.3. The second-order valence-electron chi connectivity index (χ2n) is 6.85. The molecule has 2 N–H and O–H groups in total. The van der Waals surface area contributed by atoms with Gasteiger partial charge in [-0.2, -0.15) is 5.10 Å². The first kappa shape index (κ1) is 18.6. The van der Waals surface area contributed by atoms with Gasteiger partial charge in [0.15, 0.2) is 0 Å². The molecule has 2 aromatic rings. The van der Waals surface area contributed by atoms with Gasteiger partial charge in [-0.25, -0.2) is 13.1 Å². The van der Waals surface area contributed by atoms with Gasteiger partial charge in [-0.1, -0.05) is 19.1 Å². The van der Waals surface area contributed by atoms with E-state index in [0.717, 1.165) is 17.7 Å². The normalized spacial score (nSPS) is 16.7. The van der Waals surface area contributed by atoms with Gasteiger partial charge < -0.3 is 5.32 Å². The second-order valence-corrected chi connectivity index (χ2v) is 8.57. The van der Waals surface area contributed by atoms with Crippen molar-refractivity contribution in [3.63, 3.8) is 0 Å². The Hall–Kier alpha value is -2.19. The number of aromatic nitrogens is 2. The fourth-order valence-electron chi connectivity index (χ4n) is 3.02. The van der Waals surface area contributed by atoms with Crippen LogP contribution in [0.3, 0.4) is 0 Å². The molecule has 1 aromatic heterocycles. The number of hydrogen-bond acceptors (Lipinski definition) is 4. The summed E-state index contributed by atoms with van der Waals surface area (Å²) < 4.78 is 29.5. The van der Waals surface area contributed by atoms with E-state index in [1.165, 1.54) is 0 Å². The molecule has 8 heteroatoms. The van der Waals surface area contributed by atoms with E-state index < -0.39 is 10.0 Å². The smallest absolute Gasteiger partial charge is 0.271 e. The lowest BCUT2D eigenvalue weighted by Crippen LogP contribution is -2.36. The summed E-state index contributed by atoms with van der Waals surface area (Å²) in [6, 6.07) is 8.41. The first-order valence-electron chi connectivity index (χ1n) is 8.77. The van der Waals surface area contributed by atoms with Gasteiger partial charge in [-0.3, -0.25) is 9.48 Å². The van der Waals surface area contributed by atoms with Crippen molar-refractivity contribution < 1.29 is 13.2 Å². The Balaban J connectivity index is 1.66. The third kappa shape index (κ3) is 3.96. The standard InChI is InChI=1S/C18H24N4O3S/c1-4-13-5-7-16(8-6-13)26(24,25)21-14-9-15-10-17(20-22(15)11-14)18(23)19-12(2)3/h5-8,10,12,14,21H,4,9,11H2,1-3H3,(H,19,23)/t14-/m0/s1. The van der Waals surface area contributed by atoms with Crippen molar-refractivity contribution in [1.82, 2.24) is 19.8 Å². The number of carbonyl (C=O) groups excluding carboxylic acids is 1. The summed E-state index contributed by atoms with van der Waals surface area (Å²) in [6.07, 6.45) is 1.37. The van der Waals surface area contributed by atoms with Crippen LogP contribution >= 0.6 is 0 Å². The predicted molar refractivity (Wildman–Crippen MR) is 98.5 cm³/mol. The number of nitrogens with zero attached hydrogens (tertiary/aromatic N) is 2. The number of nitrogens with one attached hydrogen (secondary N) is 2. The molecule has 1 atom stereocenters. The van der Waals surface area contributed by atoms with Gasteiger partial charge in [0.1, 0.15) is 5.69 Å². The number of hydrogen-bond donors (Lipinski definition) is 2. The molecule has 0 spiro atoms. The molecule has 0 aliphatic carbocycles. The lowest BCUT2D eigenvalue weighted by atomic mass is 10.2. The van der Waals surface area contributed by atoms with Crippen LogP contribution in [-0.4, -0.2) is 36.2 Å². The second kappa shape index (κ2) is 7.20. The van der Waals surface area contributed by atoms with Gasteiger partial charge in [0.2, 0.25) is 10.0 Å². The first-order chi connectivity index (χ1) is 12.3. The van der Waals surface area contributed by atoms with E-state index in [0.29, 0.717) is 18.7 Å². The Bertz CT molecular complexity index is 878. The van der Waals surface area contributed by atoms with Crippen molar-refractivity contribution in [3.8, 4) is 0 Å². The van der Waals surface area contributed by atoms with Crippen molar-refractivity contribution in [2.75, 3.05) is 0 Å². The van der Waals surface area contributed by atoms with E-state index in [2.05, 4.69) is 15.1 Å². The molecule has 0 radical (unpaired) electrons. The molecule has 0 bridgehead atoms. The van der Waals surface area contributed by atoms with Crippen LogP contribution in [0.5, 0.6) is 0 Å². The van der Waals surface area contributed by atoms with Gasteiger partial charge in [-0.15, -0.1) is 0 Å². The van der Waals surface area contributed by atoms with Gasteiger partial charge >= 0.3 is 0 Å². The van der Waals surface area contributed by atoms with Gasteiger partial charge in [-0.05, 0) is 44.0 Å². The number of benzene rings is 1. The molecule has 0 saturated heterocycles. The van der Waals surface area contributed by atoms with Crippen LogP contribution < -0.4 is 10.0 Å². The van der Waals surface area contributed by atoms with Crippen molar-refractivity contribution in [3.05, 3.63) is 47.3 Å². The Morgan fingerprint density at radius 3 is 2.58 bits per heavy atom. The number of carbonyl (C=O) groups is 1. The van der Waals surface area contributed by atoms with Crippen LogP contribution in [0.15, 0.2) is 35.2 Å². The fourth-order valence-corrected chi connectivity index (χ4v) is 4.25. The highest BCUT2D eigenvalue weighted by molar-refractivity contribution is 7.89.